The molecule has 2 N–H and O–H groups in total. The highest BCUT2D eigenvalue weighted by atomic mass is 16.3. The molecule has 2 fully saturated rings. The van der Waals surface area contributed by atoms with Crippen LogP contribution in [0.15, 0.2) is 0 Å². The number of piperidine rings is 1. The highest BCUT2D eigenvalue weighted by Gasteiger charge is 2.20. The third-order valence-electron chi connectivity index (χ3n) is 4.47. The van der Waals surface area contributed by atoms with Gasteiger partial charge in [-0.05, 0) is 64.1 Å². The van der Waals surface area contributed by atoms with Gasteiger partial charge in [-0.15, -0.1) is 0 Å². The van der Waals surface area contributed by atoms with Gasteiger partial charge in [0.25, 0.3) is 0 Å². The van der Waals surface area contributed by atoms with Gasteiger partial charge in [0.05, 0.1) is 6.10 Å². The highest BCUT2D eigenvalue weighted by molar-refractivity contribution is 4.78. The van der Waals surface area contributed by atoms with Crippen LogP contribution in [0.2, 0.25) is 0 Å². The molecule has 0 bridgehead atoms. The summed E-state index contributed by atoms with van der Waals surface area (Å²) in [4.78, 5) is 2.63. The molecule has 1 saturated carbocycles. The first kappa shape index (κ1) is 14.3. The molecule has 3 heteroatoms. The Morgan fingerprint density at radius 3 is 2.44 bits per heavy atom. The van der Waals surface area contributed by atoms with E-state index in [1.54, 1.807) is 0 Å². The van der Waals surface area contributed by atoms with Crippen LogP contribution in [-0.4, -0.2) is 48.3 Å². The molecule has 2 aliphatic rings. The highest BCUT2D eigenvalue weighted by Crippen LogP contribution is 2.18. The van der Waals surface area contributed by atoms with Crippen molar-refractivity contribution in [3.05, 3.63) is 0 Å². The fourth-order valence-electron chi connectivity index (χ4n) is 3.30. The number of hydrogen-bond donors (Lipinski definition) is 2. The average Bonchev–Trinajstić information content (AvgIpc) is 2.39. The second-order valence-electron chi connectivity index (χ2n) is 6.38. The van der Waals surface area contributed by atoms with Crippen molar-refractivity contribution in [3.8, 4) is 0 Å². The predicted molar refractivity (Wildman–Crippen MR) is 75.7 cm³/mol. The van der Waals surface area contributed by atoms with Gasteiger partial charge < -0.3 is 15.3 Å². The molecule has 3 nitrogen and oxygen atoms in total. The van der Waals surface area contributed by atoms with Gasteiger partial charge in [0.2, 0.25) is 0 Å². The summed E-state index contributed by atoms with van der Waals surface area (Å²) in [6.45, 7) is 7.36. The second-order valence-corrected chi connectivity index (χ2v) is 6.38. The molecule has 0 aromatic heterocycles. The number of nitrogens with zero attached hydrogens (tertiary/aromatic N) is 1. The van der Waals surface area contributed by atoms with Crippen molar-refractivity contribution in [2.75, 3.05) is 26.2 Å². The van der Waals surface area contributed by atoms with Gasteiger partial charge in [-0.2, -0.15) is 0 Å². The summed E-state index contributed by atoms with van der Waals surface area (Å²) >= 11 is 0. The third-order valence-corrected chi connectivity index (χ3v) is 4.47. The first-order valence-corrected chi connectivity index (χ1v) is 7.88. The van der Waals surface area contributed by atoms with Crippen LogP contribution in [0.3, 0.4) is 0 Å². The van der Waals surface area contributed by atoms with Crippen LogP contribution in [-0.2, 0) is 0 Å². The molecule has 1 aliphatic carbocycles. The van der Waals surface area contributed by atoms with E-state index in [0.717, 1.165) is 38.1 Å². The Labute approximate surface area is 112 Å². The monoisotopic (exact) mass is 254 g/mol. The van der Waals surface area contributed by atoms with E-state index < -0.39 is 0 Å². The van der Waals surface area contributed by atoms with E-state index in [4.69, 9.17) is 0 Å². The summed E-state index contributed by atoms with van der Waals surface area (Å²) in [7, 11) is 0. The Kier molecular flexibility index (Phi) is 5.93. The summed E-state index contributed by atoms with van der Waals surface area (Å²) in [6, 6.07) is 0.650. The van der Waals surface area contributed by atoms with E-state index in [9.17, 15) is 5.11 Å². The van der Waals surface area contributed by atoms with E-state index in [1.165, 1.54) is 38.9 Å². The van der Waals surface area contributed by atoms with Gasteiger partial charge in [-0.1, -0.05) is 13.3 Å². The number of rotatable bonds is 5. The molecule has 2 rings (SSSR count). The molecule has 0 radical (unpaired) electrons. The van der Waals surface area contributed by atoms with Crippen molar-refractivity contribution < 1.29 is 5.11 Å². The smallest absolute Gasteiger partial charge is 0.0541 e. The molecule has 1 aliphatic heterocycles. The van der Waals surface area contributed by atoms with Crippen LogP contribution in [0.5, 0.6) is 0 Å². The number of aliphatic hydroxyl groups excluding tert-OH is 1. The summed E-state index contributed by atoms with van der Waals surface area (Å²) in [5.74, 6) is 0.745. The maximum absolute atomic E-state index is 9.49. The zero-order valence-electron chi connectivity index (χ0n) is 11.9. The van der Waals surface area contributed by atoms with Crippen LogP contribution >= 0.6 is 0 Å². The Morgan fingerprint density at radius 2 is 1.78 bits per heavy atom. The fraction of sp³-hybridized carbons (Fsp3) is 1.00. The van der Waals surface area contributed by atoms with Gasteiger partial charge >= 0.3 is 0 Å². The fourth-order valence-corrected chi connectivity index (χ4v) is 3.30. The predicted octanol–water partition coefficient (Wildman–Crippen LogP) is 2.00. The van der Waals surface area contributed by atoms with Crippen molar-refractivity contribution in [2.45, 2.75) is 64.0 Å². The molecule has 0 amide bonds. The van der Waals surface area contributed by atoms with Crippen LogP contribution in [0, 0.1) is 5.92 Å². The molecular weight excluding hydrogens is 224 g/mol. The quantitative estimate of drug-likeness (QED) is 0.788. The zero-order chi connectivity index (χ0) is 12.8. The minimum absolute atomic E-state index is 0.0335. The Balaban J connectivity index is 1.57. The maximum Gasteiger partial charge on any atom is 0.0541 e. The van der Waals surface area contributed by atoms with Gasteiger partial charge in [0.15, 0.2) is 0 Å². The van der Waals surface area contributed by atoms with Gasteiger partial charge in [-0.3, -0.25) is 0 Å². The molecular formula is C15H30N2O. The average molecular weight is 254 g/mol. The molecule has 0 spiro atoms. The molecule has 1 heterocycles. The summed E-state index contributed by atoms with van der Waals surface area (Å²) in [5.41, 5.74) is 0. The van der Waals surface area contributed by atoms with Crippen LogP contribution < -0.4 is 5.32 Å². The Morgan fingerprint density at radius 1 is 1.11 bits per heavy atom. The van der Waals surface area contributed by atoms with Gasteiger partial charge in [0, 0.05) is 12.6 Å². The zero-order valence-corrected chi connectivity index (χ0v) is 11.9. The van der Waals surface area contributed by atoms with Crippen LogP contribution in [0.1, 0.15) is 51.9 Å². The van der Waals surface area contributed by atoms with E-state index >= 15 is 0 Å². The number of aliphatic hydroxyl groups is 1. The molecule has 18 heavy (non-hydrogen) atoms. The van der Waals surface area contributed by atoms with E-state index in [1.807, 2.05) is 0 Å². The normalized spacial score (nSPS) is 32.3. The molecule has 1 unspecified atom stereocenters. The number of hydrogen-bond acceptors (Lipinski definition) is 3. The number of nitrogens with one attached hydrogen (secondary N) is 1. The molecule has 0 aromatic rings. The maximum atomic E-state index is 9.49. The van der Waals surface area contributed by atoms with Crippen molar-refractivity contribution in [1.82, 2.24) is 10.2 Å². The van der Waals surface area contributed by atoms with E-state index in [2.05, 4.69) is 17.1 Å². The molecule has 1 saturated heterocycles. The first-order chi connectivity index (χ1) is 8.74. The molecule has 0 aromatic carbocycles. The van der Waals surface area contributed by atoms with Crippen molar-refractivity contribution in [1.29, 1.82) is 0 Å². The third kappa shape index (κ3) is 4.87. The Hall–Kier alpha value is -0.120. The second kappa shape index (κ2) is 7.46. The van der Waals surface area contributed by atoms with Crippen molar-refractivity contribution in [3.63, 3.8) is 0 Å². The first-order valence-electron chi connectivity index (χ1n) is 7.88. The minimum Gasteiger partial charge on any atom is -0.393 e. The minimum atomic E-state index is -0.0335. The topological polar surface area (TPSA) is 35.5 Å². The summed E-state index contributed by atoms with van der Waals surface area (Å²) < 4.78 is 0. The summed E-state index contributed by atoms with van der Waals surface area (Å²) in [5, 5.41) is 13.2. The number of likely N-dealkylation sites (tertiary alicyclic amines) is 1. The lowest BCUT2D eigenvalue weighted by Gasteiger charge is -2.31. The van der Waals surface area contributed by atoms with Gasteiger partial charge in [0.1, 0.15) is 0 Å². The Bertz CT molecular complexity index is 221. The summed E-state index contributed by atoms with van der Waals surface area (Å²) in [6.07, 6.45) is 8.44. The lowest BCUT2D eigenvalue weighted by molar-refractivity contribution is 0.115. The van der Waals surface area contributed by atoms with Crippen molar-refractivity contribution in [2.24, 2.45) is 5.92 Å². The van der Waals surface area contributed by atoms with E-state index in [-0.39, 0.29) is 6.10 Å². The standard InChI is InChI=1S/C15H30N2O/c1-13(12-17-9-3-2-4-10-17)11-16-14-5-7-15(18)8-6-14/h13-16,18H,2-12H2,1H3. The van der Waals surface area contributed by atoms with E-state index in [0.29, 0.717) is 6.04 Å². The molecule has 106 valence electrons. The molecule has 1 atom stereocenters. The lowest BCUT2D eigenvalue weighted by atomic mass is 9.93. The largest absolute Gasteiger partial charge is 0.393 e. The SMILES string of the molecule is CC(CNC1CCC(O)CC1)CN1CCCCC1. The van der Waals surface area contributed by atoms with Crippen molar-refractivity contribution >= 4 is 0 Å². The van der Waals surface area contributed by atoms with Gasteiger partial charge in [-0.25, -0.2) is 0 Å². The van der Waals surface area contributed by atoms with Crippen LogP contribution in [0.25, 0.3) is 0 Å². The lowest BCUT2D eigenvalue weighted by Crippen LogP contribution is -2.40. The van der Waals surface area contributed by atoms with Crippen LogP contribution in [0.4, 0.5) is 0 Å².